The Morgan fingerprint density at radius 1 is 0.378 bits per heavy atom. The van der Waals surface area contributed by atoms with E-state index in [9.17, 15) is 0 Å². The van der Waals surface area contributed by atoms with Crippen LogP contribution in [0.3, 0.4) is 0 Å². The molecule has 0 atom stereocenters. The van der Waals surface area contributed by atoms with Gasteiger partial charge in [-0.05, 0) is 69.3 Å². The van der Waals surface area contributed by atoms with Crippen molar-refractivity contribution >= 4 is 30.6 Å². The molecule has 0 aromatic heterocycles. The maximum atomic E-state index is 2.47. The fraction of sp³-hybridized carbons (Fsp3) is 0.226. The molecular formula is C31H38IN4P. The molecule has 0 unspecified atom stereocenters. The Hall–Kier alpha value is -2.76. The molecule has 0 radical (unpaired) electrons. The summed E-state index contributed by atoms with van der Waals surface area (Å²) in [4.78, 5) is 0. The fourth-order valence-electron chi connectivity index (χ4n) is 4.75. The summed E-state index contributed by atoms with van der Waals surface area (Å²) in [6.07, 6.45) is 0. The molecule has 0 fully saturated rings. The first-order valence-electron chi connectivity index (χ1n) is 12.4. The predicted octanol–water partition coefficient (Wildman–Crippen LogP) is 5.14. The summed E-state index contributed by atoms with van der Waals surface area (Å²) in [6.45, 7) is 6.41. The number of anilines is 4. The number of rotatable bonds is 8. The topological polar surface area (TPSA) is 13.0 Å². The Balaban J connectivity index is 0.00000380. The summed E-state index contributed by atoms with van der Waals surface area (Å²) in [5.74, 6) is 0. The summed E-state index contributed by atoms with van der Waals surface area (Å²) in [6, 6.07) is 37.3. The minimum absolute atomic E-state index is 0. The lowest BCUT2D eigenvalue weighted by molar-refractivity contribution is -0.00000744. The first-order valence-corrected chi connectivity index (χ1v) is 14.0. The van der Waals surface area contributed by atoms with Crippen LogP contribution in [0.1, 0.15) is 16.7 Å². The standard InChI is InChI=1S/C31H38N4P.HI/c1-25-13-19-29(20-14-25)33(5)36(32(4)28-11-9-8-10-12-28,34(6)30-21-15-26(2)16-22-30)35(7)31-23-17-27(3)18-24-31;/h8-24H,1-7H3;1H/q+1;/p-1. The third kappa shape index (κ3) is 5.73. The van der Waals surface area contributed by atoms with Crippen molar-refractivity contribution in [3.63, 3.8) is 0 Å². The number of halogens is 1. The van der Waals surface area contributed by atoms with Crippen LogP contribution in [0.25, 0.3) is 0 Å². The van der Waals surface area contributed by atoms with Crippen molar-refractivity contribution in [1.29, 1.82) is 0 Å². The van der Waals surface area contributed by atoms with Crippen molar-refractivity contribution in [3.8, 4) is 0 Å². The second-order valence-corrected chi connectivity index (χ2v) is 12.9. The number of hydrogen-bond acceptors (Lipinski definition) is 4. The van der Waals surface area contributed by atoms with Gasteiger partial charge in [0.2, 0.25) is 0 Å². The Bertz CT molecular complexity index is 1140. The zero-order valence-corrected chi connectivity index (χ0v) is 26.0. The van der Waals surface area contributed by atoms with Gasteiger partial charge in [-0.25, -0.2) is 0 Å². The van der Waals surface area contributed by atoms with E-state index in [-0.39, 0.29) is 24.0 Å². The Kier molecular flexibility index (Phi) is 9.49. The molecule has 6 heteroatoms. The first kappa shape index (κ1) is 28.8. The Labute approximate surface area is 241 Å². The quantitative estimate of drug-likeness (QED) is 0.199. The third-order valence-electron chi connectivity index (χ3n) is 6.96. The van der Waals surface area contributed by atoms with Crippen molar-refractivity contribution in [2.24, 2.45) is 0 Å². The Morgan fingerprint density at radius 2 is 0.622 bits per heavy atom. The normalized spacial score (nSPS) is 10.9. The van der Waals surface area contributed by atoms with E-state index in [0.717, 1.165) is 0 Å². The fourth-order valence-corrected chi connectivity index (χ4v) is 8.94. The predicted molar refractivity (Wildman–Crippen MR) is 161 cm³/mol. The van der Waals surface area contributed by atoms with E-state index in [2.05, 4.69) is 171 Å². The molecule has 0 saturated heterocycles. The molecule has 0 amide bonds. The largest absolute Gasteiger partial charge is 1.00 e. The van der Waals surface area contributed by atoms with Gasteiger partial charge in [-0.2, -0.15) is 18.7 Å². The van der Waals surface area contributed by atoms with Gasteiger partial charge in [0.05, 0.1) is 22.7 Å². The van der Waals surface area contributed by atoms with Crippen LogP contribution < -0.4 is 42.7 Å². The molecule has 0 heterocycles. The Morgan fingerprint density at radius 3 is 0.892 bits per heavy atom. The second-order valence-electron chi connectivity index (χ2n) is 9.47. The molecule has 4 aromatic rings. The van der Waals surface area contributed by atoms with E-state index >= 15 is 0 Å². The van der Waals surface area contributed by atoms with Crippen LogP contribution in [0.2, 0.25) is 0 Å². The summed E-state index contributed by atoms with van der Waals surface area (Å²) in [7, 11) is 6.45. The molecule has 0 bridgehead atoms. The number of nitrogens with zero attached hydrogens (tertiary/aromatic N) is 4. The zero-order chi connectivity index (χ0) is 25.9. The number of aryl methyl sites for hydroxylation is 3. The number of para-hydroxylation sites is 1. The lowest BCUT2D eigenvalue weighted by Gasteiger charge is -2.49. The van der Waals surface area contributed by atoms with Gasteiger partial charge in [0.1, 0.15) is 0 Å². The highest BCUT2D eigenvalue weighted by atomic mass is 127. The van der Waals surface area contributed by atoms with Crippen molar-refractivity contribution in [2.75, 3.05) is 46.9 Å². The van der Waals surface area contributed by atoms with Crippen LogP contribution in [-0.4, -0.2) is 28.2 Å². The minimum atomic E-state index is -2.46. The summed E-state index contributed by atoms with van der Waals surface area (Å²) >= 11 is 0. The van der Waals surface area contributed by atoms with Gasteiger partial charge in [0.25, 0.3) is 0 Å². The van der Waals surface area contributed by atoms with Crippen LogP contribution in [0.5, 0.6) is 0 Å². The average Bonchev–Trinajstić information content (AvgIpc) is 2.90. The van der Waals surface area contributed by atoms with Crippen LogP contribution in [-0.2, 0) is 0 Å². The monoisotopic (exact) mass is 624 g/mol. The van der Waals surface area contributed by atoms with Crippen LogP contribution in [0.4, 0.5) is 22.7 Å². The van der Waals surface area contributed by atoms with Crippen LogP contribution >= 0.6 is 7.87 Å². The first-order chi connectivity index (χ1) is 17.2. The molecule has 0 spiro atoms. The number of hydrogen-bond donors (Lipinski definition) is 0. The van der Waals surface area contributed by atoms with Gasteiger partial charge in [-0.15, -0.1) is 0 Å². The number of benzene rings is 4. The van der Waals surface area contributed by atoms with Gasteiger partial charge in [0.15, 0.2) is 0 Å². The molecule has 194 valence electrons. The molecule has 0 aliphatic carbocycles. The highest BCUT2D eigenvalue weighted by molar-refractivity contribution is 7.81. The maximum absolute atomic E-state index is 2.47. The SMILES string of the molecule is Cc1ccc(N(C)[P+](N(C)c2ccccc2)(N(C)c2ccc(C)cc2)N(C)c2ccc(C)cc2)cc1.[I-]. The van der Waals surface area contributed by atoms with E-state index in [4.69, 9.17) is 0 Å². The molecule has 37 heavy (non-hydrogen) atoms. The molecule has 0 N–H and O–H groups in total. The van der Waals surface area contributed by atoms with E-state index in [0.29, 0.717) is 0 Å². The smallest absolute Gasteiger partial charge is 0.404 e. The van der Waals surface area contributed by atoms with Crippen molar-refractivity contribution in [3.05, 3.63) is 120 Å². The summed E-state index contributed by atoms with van der Waals surface area (Å²) in [5, 5.41) is 0. The summed E-state index contributed by atoms with van der Waals surface area (Å²) in [5.41, 5.74) is 8.46. The highest BCUT2D eigenvalue weighted by Crippen LogP contribution is 2.71. The van der Waals surface area contributed by atoms with Gasteiger partial charge >= 0.3 is 7.87 Å². The highest BCUT2D eigenvalue weighted by Gasteiger charge is 2.58. The lowest BCUT2D eigenvalue weighted by atomic mass is 10.2. The van der Waals surface area contributed by atoms with Crippen molar-refractivity contribution in [1.82, 2.24) is 0 Å². The lowest BCUT2D eigenvalue weighted by Crippen LogP contribution is -3.00. The molecule has 4 aromatic carbocycles. The van der Waals surface area contributed by atoms with E-state index in [1.807, 2.05) is 0 Å². The molecule has 4 nitrogen and oxygen atoms in total. The van der Waals surface area contributed by atoms with E-state index < -0.39 is 7.87 Å². The minimum Gasteiger partial charge on any atom is -1.00 e. The van der Waals surface area contributed by atoms with Crippen LogP contribution in [0, 0.1) is 20.8 Å². The van der Waals surface area contributed by atoms with Gasteiger partial charge in [-0.1, -0.05) is 71.3 Å². The molecule has 4 rings (SSSR count). The summed E-state index contributed by atoms with van der Waals surface area (Å²) < 4.78 is 9.88. The van der Waals surface area contributed by atoms with Gasteiger partial charge < -0.3 is 24.0 Å². The van der Waals surface area contributed by atoms with Crippen LogP contribution in [0.15, 0.2) is 103 Å². The second kappa shape index (κ2) is 12.2. The van der Waals surface area contributed by atoms with Gasteiger partial charge in [-0.3, -0.25) is 0 Å². The molecule has 0 aliphatic rings. The van der Waals surface area contributed by atoms with Gasteiger partial charge in [0, 0.05) is 28.2 Å². The average molecular weight is 625 g/mol. The van der Waals surface area contributed by atoms with E-state index in [1.165, 1.54) is 39.4 Å². The van der Waals surface area contributed by atoms with E-state index in [1.54, 1.807) is 0 Å². The third-order valence-corrected chi connectivity index (χ3v) is 11.1. The molecule has 0 aliphatic heterocycles. The van der Waals surface area contributed by atoms with Crippen molar-refractivity contribution < 1.29 is 24.0 Å². The zero-order valence-electron chi connectivity index (χ0n) is 22.9. The molecular weight excluding hydrogens is 586 g/mol. The maximum Gasteiger partial charge on any atom is 0.404 e. The molecule has 0 saturated carbocycles. The van der Waals surface area contributed by atoms with Crippen molar-refractivity contribution in [2.45, 2.75) is 20.8 Å².